The molecule has 0 spiro atoms. The number of Topliss-reactive ketones (excluding diaryl/α,β-unsaturated/α-hetero) is 1. The van der Waals surface area contributed by atoms with Crippen LogP contribution >= 0.6 is 27.7 Å². The summed E-state index contributed by atoms with van der Waals surface area (Å²) in [5.74, 6) is -0.242. The fourth-order valence-electron chi connectivity index (χ4n) is 2.62. The van der Waals surface area contributed by atoms with Gasteiger partial charge in [0.15, 0.2) is 10.9 Å². The van der Waals surface area contributed by atoms with E-state index in [1.807, 2.05) is 19.1 Å². The van der Waals surface area contributed by atoms with Crippen molar-refractivity contribution in [2.45, 2.75) is 25.0 Å². The van der Waals surface area contributed by atoms with E-state index in [9.17, 15) is 14.0 Å². The zero-order chi connectivity index (χ0) is 20.8. The molecule has 0 bridgehead atoms. The Morgan fingerprint density at radius 1 is 1.14 bits per heavy atom. The molecule has 0 fully saturated rings. The first kappa shape index (κ1) is 21.2. The Kier molecular flexibility index (Phi) is 7.16. The van der Waals surface area contributed by atoms with Gasteiger partial charge in [-0.25, -0.2) is 4.39 Å². The highest BCUT2D eigenvalue weighted by Gasteiger charge is 2.17. The molecule has 1 amide bonds. The summed E-state index contributed by atoms with van der Waals surface area (Å²) >= 11 is 4.61. The topological polar surface area (TPSA) is 76.9 Å². The first-order valence-corrected chi connectivity index (χ1v) is 10.6. The molecule has 0 saturated carbocycles. The number of nitrogens with one attached hydrogen (secondary N) is 1. The quantitative estimate of drug-likeness (QED) is 0.386. The third-order valence-electron chi connectivity index (χ3n) is 4.07. The summed E-state index contributed by atoms with van der Waals surface area (Å²) in [4.78, 5) is 24.6. The molecule has 0 aliphatic rings. The van der Waals surface area contributed by atoms with Crippen molar-refractivity contribution in [2.75, 3.05) is 11.1 Å². The van der Waals surface area contributed by atoms with E-state index >= 15 is 0 Å². The van der Waals surface area contributed by atoms with Gasteiger partial charge in [-0.15, -0.1) is 10.2 Å². The number of hydrogen-bond acceptors (Lipinski definition) is 5. The highest BCUT2D eigenvalue weighted by Crippen LogP contribution is 2.20. The number of thioether (sulfide) groups is 1. The van der Waals surface area contributed by atoms with Gasteiger partial charge in [-0.05, 0) is 31.2 Å². The highest BCUT2D eigenvalue weighted by atomic mass is 79.9. The molecule has 0 unspecified atom stereocenters. The summed E-state index contributed by atoms with van der Waals surface area (Å²) < 4.78 is 16.4. The molecular formula is C20H18BrFN4O2S. The van der Waals surface area contributed by atoms with Gasteiger partial charge in [-0.2, -0.15) is 0 Å². The maximum absolute atomic E-state index is 13.7. The van der Waals surface area contributed by atoms with Gasteiger partial charge < -0.3 is 9.88 Å². The number of halogens is 2. The zero-order valence-corrected chi connectivity index (χ0v) is 18.0. The normalized spacial score (nSPS) is 10.7. The van der Waals surface area contributed by atoms with E-state index < -0.39 is 5.82 Å². The van der Waals surface area contributed by atoms with Crippen LogP contribution in [0.15, 0.2) is 58.2 Å². The molecule has 29 heavy (non-hydrogen) atoms. The predicted molar refractivity (Wildman–Crippen MR) is 114 cm³/mol. The van der Waals surface area contributed by atoms with Crippen molar-refractivity contribution < 1.29 is 14.0 Å². The molecule has 0 aliphatic carbocycles. The number of amides is 1. The number of rotatable bonds is 8. The Bertz CT molecular complexity index is 1020. The summed E-state index contributed by atoms with van der Waals surface area (Å²) in [6.45, 7) is 2.45. The van der Waals surface area contributed by atoms with Gasteiger partial charge in [0.1, 0.15) is 11.6 Å². The summed E-state index contributed by atoms with van der Waals surface area (Å²) in [6, 6.07) is 13.1. The van der Waals surface area contributed by atoms with E-state index in [4.69, 9.17) is 0 Å². The maximum atomic E-state index is 13.7. The number of ketones is 1. The Morgan fingerprint density at radius 3 is 2.55 bits per heavy atom. The maximum Gasteiger partial charge on any atom is 0.232 e. The smallest absolute Gasteiger partial charge is 0.232 e. The van der Waals surface area contributed by atoms with Crippen LogP contribution in [-0.2, 0) is 17.8 Å². The second kappa shape index (κ2) is 9.80. The molecule has 0 radical (unpaired) electrons. The van der Waals surface area contributed by atoms with Crippen LogP contribution < -0.4 is 5.32 Å². The van der Waals surface area contributed by atoms with Crippen molar-refractivity contribution >= 4 is 45.1 Å². The number of nitrogens with zero attached hydrogens (tertiary/aromatic N) is 3. The lowest BCUT2D eigenvalue weighted by Gasteiger charge is -2.08. The fraction of sp³-hybridized carbons (Fsp3) is 0.200. The molecule has 6 nitrogen and oxygen atoms in total. The largest absolute Gasteiger partial charge is 0.323 e. The van der Waals surface area contributed by atoms with Crippen LogP contribution in [0.25, 0.3) is 0 Å². The van der Waals surface area contributed by atoms with Gasteiger partial charge >= 0.3 is 0 Å². The summed E-state index contributed by atoms with van der Waals surface area (Å²) in [7, 11) is 0. The Hall–Kier alpha value is -2.52. The lowest BCUT2D eigenvalue weighted by atomic mass is 10.2. The van der Waals surface area contributed by atoms with E-state index in [1.165, 1.54) is 23.9 Å². The number of anilines is 1. The van der Waals surface area contributed by atoms with Crippen LogP contribution in [-0.4, -0.2) is 32.2 Å². The second-order valence-corrected chi connectivity index (χ2v) is 7.92. The average Bonchev–Trinajstić information content (AvgIpc) is 3.09. The van der Waals surface area contributed by atoms with Gasteiger partial charge in [-0.1, -0.05) is 52.0 Å². The fourth-order valence-corrected chi connectivity index (χ4v) is 3.80. The average molecular weight is 477 g/mol. The van der Waals surface area contributed by atoms with Crippen molar-refractivity contribution in [2.24, 2.45) is 0 Å². The minimum absolute atomic E-state index is 0.0213. The van der Waals surface area contributed by atoms with Crippen LogP contribution in [0.1, 0.15) is 23.1 Å². The predicted octanol–water partition coefficient (Wildman–Crippen LogP) is 4.36. The van der Waals surface area contributed by atoms with E-state index in [0.717, 1.165) is 4.47 Å². The van der Waals surface area contributed by atoms with Crippen molar-refractivity contribution in [1.29, 1.82) is 0 Å². The minimum atomic E-state index is -0.500. The Morgan fingerprint density at radius 2 is 1.86 bits per heavy atom. The molecule has 0 atom stereocenters. The number of hydrogen-bond donors (Lipinski definition) is 1. The summed E-state index contributed by atoms with van der Waals surface area (Å²) in [6.07, 6.45) is -0.0452. The first-order chi connectivity index (χ1) is 14.0. The number of aromatic nitrogens is 3. The van der Waals surface area contributed by atoms with Crippen LogP contribution in [0.3, 0.4) is 0 Å². The van der Waals surface area contributed by atoms with Crippen molar-refractivity contribution in [3.63, 3.8) is 0 Å². The van der Waals surface area contributed by atoms with Gasteiger partial charge in [-0.3, -0.25) is 9.59 Å². The van der Waals surface area contributed by atoms with E-state index in [1.54, 1.807) is 28.8 Å². The summed E-state index contributed by atoms with van der Waals surface area (Å²) in [5.41, 5.74) is 0.738. The monoisotopic (exact) mass is 476 g/mol. The molecule has 3 rings (SSSR count). The van der Waals surface area contributed by atoms with E-state index in [2.05, 4.69) is 31.4 Å². The van der Waals surface area contributed by atoms with Crippen LogP contribution in [0.2, 0.25) is 0 Å². The minimum Gasteiger partial charge on any atom is -0.323 e. The molecule has 0 saturated heterocycles. The molecule has 1 aromatic heterocycles. The van der Waals surface area contributed by atoms with Gasteiger partial charge in [0.25, 0.3) is 0 Å². The highest BCUT2D eigenvalue weighted by molar-refractivity contribution is 9.10. The number of carbonyl (C=O) groups excluding carboxylic acids is 2. The van der Waals surface area contributed by atoms with Gasteiger partial charge in [0.2, 0.25) is 5.91 Å². The Labute approximate surface area is 180 Å². The second-order valence-electron chi connectivity index (χ2n) is 6.07. The molecule has 1 N–H and O–H groups in total. The molecule has 3 aromatic rings. The third kappa shape index (κ3) is 5.51. The Balaban J connectivity index is 1.63. The summed E-state index contributed by atoms with van der Waals surface area (Å²) in [5, 5.41) is 11.3. The standard InChI is InChI=1S/C20H18BrFN4O2S/c1-2-26-18(11-19(28)23-16-6-4-3-5-15(16)22)24-25-20(26)29-12-17(27)13-7-9-14(21)10-8-13/h3-10H,2,11-12H2,1H3,(H,23,28). The lowest BCUT2D eigenvalue weighted by Crippen LogP contribution is -2.18. The SMILES string of the molecule is CCn1c(CC(=O)Nc2ccccc2F)nnc1SCC(=O)c1ccc(Br)cc1. The molecular weight excluding hydrogens is 459 g/mol. The molecule has 2 aromatic carbocycles. The van der Waals surface area contributed by atoms with E-state index in [0.29, 0.717) is 23.1 Å². The van der Waals surface area contributed by atoms with Crippen molar-refractivity contribution in [1.82, 2.24) is 14.8 Å². The number of para-hydroxylation sites is 1. The van der Waals surface area contributed by atoms with Crippen LogP contribution in [0, 0.1) is 5.82 Å². The molecule has 150 valence electrons. The van der Waals surface area contributed by atoms with Crippen molar-refractivity contribution in [3.8, 4) is 0 Å². The molecule has 9 heteroatoms. The van der Waals surface area contributed by atoms with Gasteiger partial charge in [0, 0.05) is 16.6 Å². The van der Waals surface area contributed by atoms with Crippen LogP contribution in [0.5, 0.6) is 0 Å². The van der Waals surface area contributed by atoms with Crippen molar-refractivity contribution in [3.05, 3.63) is 70.2 Å². The van der Waals surface area contributed by atoms with Gasteiger partial charge in [0.05, 0.1) is 17.9 Å². The number of benzene rings is 2. The van der Waals surface area contributed by atoms with Crippen LogP contribution in [0.4, 0.5) is 10.1 Å². The number of carbonyl (C=O) groups is 2. The zero-order valence-electron chi connectivity index (χ0n) is 15.6. The third-order valence-corrected chi connectivity index (χ3v) is 5.57. The lowest BCUT2D eigenvalue weighted by molar-refractivity contribution is -0.115. The molecule has 0 aliphatic heterocycles. The first-order valence-electron chi connectivity index (χ1n) is 8.86. The van der Waals surface area contributed by atoms with E-state index in [-0.39, 0.29) is 29.6 Å². The molecule has 1 heterocycles.